The van der Waals surface area contributed by atoms with E-state index >= 15 is 0 Å². The molecule has 0 heterocycles. The number of fused-ring (bicyclic) bond motifs is 3. The first-order chi connectivity index (χ1) is 8.87. The summed E-state index contributed by atoms with van der Waals surface area (Å²) in [6.07, 6.45) is 12.1. The molecule has 3 nitrogen and oxygen atoms in total. The second kappa shape index (κ2) is 4.32. The van der Waals surface area contributed by atoms with E-state index in [0.29, 0.717) is 12.5 Å². The summed E-state index contributed by atoms with van der Waals surface area (Å²) in [5.41, 5.74) is 1.72. The highest BCUT2D eigenvalue weighted by Gasteiger charge is 2.60. The molecule has 3 aliphatic carbocycles. The van der Waals surface area contributed by atoms with E-state index in [-0.39, 0.29) is 10.8 Å². The van der Waals surface area contributed by atoms with Crippen molar-refractivity contribution in [3.8, 4) is 0 Å². The lowest BCUT2D eigenvalue weighted by Crippen LogP contribution is -2.44. The van der Waals surface area contributed by atoms with Gasteiger partial charge < -0.3 is 0 Å². The summed E-state index contributed by atoms with van der Waals surface area (Å²) in [4.78, 5) is 0. The molecular formula is C15H24O3S. The van der Waals surface area contributed by atoms with Crippen LogP contribution in [0.5, 0.6) is 0 Å². The third-order valence-electron chi connectivity index (χ3n) is 5.96. The molecule has 108 valence electrons. The van der Waals surface area contributed by atoms with Crippen molar-refractivity contribution in [2.45, 2.75) is 51.9 Å². The normalized spacial score (nSPS) is 41.8. The minimum Gasteiger partial charge on any atom is -0.269 e. The molecule has 3 atom stereocenters. The molecule has 4 heteroatoms. The molecule has 0 aromatic carbocycles. The summed E-state index contributed by atoms with van der Waals surface area (Å²) >= 11 is 0. The van der Waals surface area contributed by atoms with Gasteiger partial charge in [-0.25, -0.2) is 0 Å². The maximum Gasteiger partial charge on any atom is 0.264 e. The molecule has 0 bridgehead atoms. The summed E-state index contributed by atoms with van der Waals surface area (Å²) < 4.78 is 28.1. The molecule has 0 N–H and O–H groups in total. The average Bonchev–Trinajstić information content (AvgIpc) is 2.79. The smallest absolute Gasteiger partial charge is 0.264 e. The lowest BCUT2D eigenvalue weighted by Gasteiger charge is -2.48. The van der Waals surface area contributed by atoms with Crippen LogP contribution in [0.2, 0.25) is 0 Å². The van der Waals surface area contributed by atoms with Crippen LogP contribution in [0.3, 0.4) is 0 Å². The van der Waals surface area contributed by atoms with Gasteiger partial charge in [0.1, 0.15) is 0 Å². The van der Waals surface area contributed by atoms with Crippen molar-refractivity contribution in [3.63, 3.8) is 0 Å². The van der Waals surface area contributed by atoms with E-state index in [4.69, 9.17) is 4.18 Å². The van der Waals surface area contributed by atoms with Crippen molar-refractivity contribution >= 4 is 10.1 Å². The van der Waals surface area contributed by atoms with Gasteiger partial charge in [0.15, 0.2) is 0 Å². The first-order valence-corrected chi connectivity index (χ1v) is 9.25. The zero-order chi connectivity index (χ0) is 13.7. The SMILES string of the molecule is C[C@]12CCC[C@H]1C=C1CCCC[C@@]12COS(C)(=O)=O. The van der Waals surface area contributed by atoms with Crippen LogP contribution in [-0.4, -0.2) is 21.3 Å². The molecule has 2 fully saturated rings. The van der Waals surface area contributed by atoms with Gasteiger partial charge in [0.25, 0.3) is 10.1 Å². The average molecular weight is 284 g/mol. The number of hydrogen-bond acceptors (Lipinski definition) is 3. The first-order valence-electron chi connectivity index (χ1n) is 7.43. The van der Waals surface area contributed by atoms with E-state index in [1.807, 2.05) is 0 Å². The summed E-state index contributed by atoms with van der Waals surface area (Å²) in [6.45, 7) is 2.73. The Bertz CT molecular complexity index is 507. The second-order valence-electron chi connectivity index (χ2n) is 6.86. The lowest BCUT2D eigenvalue weighted by molar-refractivity contribution is 0.0172. The van der Waals surface area contributed by atoms with Gasteiger partial charge in [0, 0.05) is 5.41 Å². The molecule has 0 radical (unpaired) electrons. The van der Waals surface area contributed by atoms with Crippen LogP contribution in [0.4, 0.5) is 0 Å². The maximum atomic E-state index is 11.4. The van der Waals surface area contributed by atoms with Gasteiger partial charge in [-0.15, -0.1) is 0 Å². The maximum absolute atomic E-state index is 11.4. The molecule has 0 aliphatic heterocycles. The van der Waals surface area contributed by atoms with Crippen molar-refractivity contribution in [3.05, 3.63) is 11.6 Å². The Kier molecular flexibility index (Phi) is 3.10. The van der Waals surface area contributed by atoms with Crippen LogP contribution >= 0.6 is 0 Å². The number of rotatable bonds is 3. The Hall–Kier alpha value is -0.350. The van der Waals surface area contributed by atoms with Crippen LogP contribution in [0.15, 0.2) is 11.6 Å². The molecule has 3 aliphatic rings. The van der Waals surface area contributed by atoms with Crippen molar-refractivity contribution in [1.29, 1.82) is 0 Å². The highest BCUT2D eigenvalue weighted by Crippen LogP contribution is 2.67. The molecule has 19 heavy (non-hydrogen) atoms. The van der Waals surface area contributed by atoms with E-state index in [9.17, 15) is 8.42 Å². The minimum absolute atomic E-state index is 0.00447. The zero-order valence-electron chi connectivity index (χ0n) is 11.9. The minimum atomic E-state index is -3.35. The third kappa shape index (κ3) is 1.99. The van der Waals surface area contributed by atoms with Crippen molar-refractivity contribution in [2.75, 3.05) is 12.9 Å². The summed E-state index contributed by atoms with van der Waals surface area (Å²) in [5.74, 6) is 0.642. The zero-order valence-corrected chi connectivity index (χ0v) is 12.8. The van der Waals surface area contributed by atoms with Crippen LogP contribution in [-0.2, 0) is 14.3 Å². The van der Waals surface area contributed by atoms with E-state index in [2.05, 4.69) is 13.0 Å². The molecule has 0 aromatic rings. The van der Waals surface area contributed by atoms with Gasteiger partial charge in [-0.2, -0.15) is 8.42 Å². The highest BCUT2D eigenvalue weighted by atomic mass is 32.2. The van der Waals surface area contributed by atoms with Crippen LogP contribution < -0.4 is 0 Å². The van der Waals surface area contributed by atoms with Gasteiger partial charge in [-0.05, 0) is 43.4 Å². The first kappa shape index (κ1) is 13.6. The predicted octanol–water partition coefficient (Wildman–Crippen LogP) is 3.27. The van der Waals surface area contributed by atoms with Crippen LogP contribution in [0, 0.1) is 16.7 Å². The summed E-state index contributed by atoms with van der Waals surface area (Å²) in [7, 11) is -3.35. The largest absolute Gasteiger partial charge is 0.269 e. The molecule has 0 saturated heterocycles. The highest BCUT2D eigenvalue weighted by molar-refractivity contribution is 7.85. The topological polar surface area (TPSA) is 43.4 Å². The van der Waals surface area contributed by atoms with Crippen LogP contribution in [0.25, 0.3) is 0 Å². The Morgan fingerprint density at radius 1 is 1.32 bits per heavy atom. The Labute approximate surface area is 116 Å². The Balaban J connectivity index is 1.95. The molecule has 0 aromatic heterocycles. The molecule has 0 unspecified atom stereocenters. The number of hydrogen-bond donors (Lipinski definition) is 0. The van der Waals surface area contributed by atoms with E-state index in [0.717, 1.165) is 12.8 Å². The fourth-order valence-electron chi connectivity index (χ4n) is 4.87. The fraction of sp³-hybridized carbons (Fsp3) is 0.867. The molecule has 2 saturated carbocycles. The Morgan fingerprint density at radius 3 is 2.84 bits per heavy atom. The van der Waals surface area contributed by atoms with Gasteiger partial charge in [0.2, 0.25) is 0 Å². The predicted molar refractivity (Wildman–Crippen MR) is 75.2 cm³/mol. The standard InChI is InChI=1S/C15H24O3S/c1-14-8-5-7-12(14)10-13-6-3-4-9-15(13,14)11-18-19(2,16)17/h10,12H,3-9,11H2,1-2H3/t12-,14-,15+/m0/s1. The van der Waals surface area contributed by atoms with Gasteiger partial charge in [-0.1, -0.05) is 31.4 Å². The number of allylic oxidation sites excluding steroid dienone is 1. The Morgan fingerprint density at radius 2 is 2.11 bits per heavy atom. The van der Waals surface area contributed by atoms with Gasteiger partial charge >= 0.3 is 0 Å². The van der Waals surface area contributed by atoms with Gasteiger partial charge in [0.05, 0.1) is 12.9 Å². The monoisotopic (exact) mass is 284 g/mol. The summed E-state index contributed by atoms with van der Waals surface area (Å²) in [5, 5.41) is 0. The quantitative estimate of drug-likeness (QED) is 0.590. The third-order valence-corrected chi connectivity index (χ3v) is 6.50. The fourth-order valence-corrected chi connectivity index (χ4v) is 5.29. The molecule has 0 spiro atoms. The van der Waals surface area contributed by atoms with Gasteiger partial charge in [-0.3, -0.25) is 4.18 Å². The van der Waals surface area contributed by atoms with Crippen molar-refractivity contribution < 1.29 is 12.6 Å². The van der Waals surface area contributed by atoms with Crippen molar-refractivity contribution in [1.82, 2.24) is 0 Å². The van der Waals surface area contributed by atoms with Crippen molar-refractivity contribution in [2.24, 2.45) is 16.7 Å². The second-order valence-corrected chi connectivity index (χ2v) is 8.51. The molecule has 0 amide bonds. The molecule has 3 rings (SSSR count). The van der Waals surface area contributed by atoms with E-state index in [1.165, 1.54) is 43.9 Å². The van der Waals surface area contributed by atoms with Crippen LogP contribution in [0.1, 0.15) is 51.9 Å². The van der Waals surface area contributed by atoms with E-state index < -0.39 is 10.1 Å². The van der Waals surface area contributed by atoms with E-state index in [1.54, 1.807) is 0 Å². The lowest BCUT2D eigenvalue weighted by atomic mass is 9.57. The summed E-state index contributed by atoms with van der Waals surface area (Å²) in [6, 6.07) is 0. The molecular weight excluding hydrogens is 260 g/mol.